The molecule has 0 spiro atoms. The third-order valence-electron chi connectivity index (χ3n) is 3.90. The number of nitrogens with one attached hydrogen (secondary N) is 2. The van der Waals surface area contributed by atoms with E-state index in [1.165, 1.54) is 22.7 Å². The molecule has 29 heavy (non-hydrogen) atoms. The first-order valence-electron chi connectivity index (χ1n) is 9.30. The van der Waals surface area contributed by atoms with Crippen molar-refractivity contribution in [3.63, 3.8) is 0 Å². The highest BCUT2D eigenvalue weighted by molar-refractivity contribution is 7.09. The van der Waals surface area contributed by atoms with Gasteiger partial charge in [-0.25, -0.2) is 9.59 Å². The lowest BCUT2D eigenvalue weighted by molar-refractivity contribution is 0.130. The van der Waals surface area contributed by atoms with Crippen LogP contribution in [0.5, 0.6) is 0 Å². The van der Waals surface area contributed by atoms with Gasteiger partial charge in [0, 0.05) is 37.6 Å². The summed E-state index contributed by atoms with van der Waals surface area (Å²) in [5, 5.41) is 5.64. The number of carbonyl (C=O) groups excluding carboxylic acids is 2. The minimum absolute atomic E-state index is 0.102. The zero-order chi connectivity index (χ0) is 21.1. The maximum Gasteiger partial charge on any atom is 0.407 e. The van der Waals surface area contributed by atoms with E-state index >= 15 is 0 Å². The van der Waals surface area contributed by atoms with Gasteiger partial charge in [0.15, 0.2) is 0 Å². The van der Waals surface area contributed by atoms with Crippen LogP contribution in [0, 0.1) is 0 Å². The molecular formula is C18H27N5O4S2. The van der Waals surface area contributed by atoms with Gasteiger partial charge in [0.25, 0.3) is 0 Å². The van der Waals surface area contributed by atoms with Gasteiger partial charge < -0.3 is 20.1 Å². The molecule has 2 heterocycles. The number of nitrogens with zero attached hydrogens (tertiary/aromatic N) is 3. The van der Waals surface area contributed by atoms with Crippen molar-refractivity contribution in [3.05, 3.63) is 33.2 Å². The van der Waals surface area contributed by atoms with E-state index in [1.54, 1.807) is 23.4 Å². The molecule has 0 saturated heterocycles. The maximum absolute atomic E-state index is 11.9. The number of carbonyl (C=O) groups is 2. The SMILES string of the molecule is CCN(C[C@@H](C)NC(=O)OCc1cncs1)C[C@@H](C)NC(=O)OCc1cncs1. The molecule has 9 nitrogen and oxygen atoms in total. The molecule has 160 valence electrons. The van der Waals surface area contributed by atoms with Gasteiger partial charge >= 0.3 is 12.2 Å². The third-order valence-corrected chi connectivity index (χ3v) is 5.40. The summed E-state index contributed by atoms with van der Waals surface area (Å²) in [6.07, 6.45) is 2.44. The fourth-order valence-electron chi connectivity index (χ4n) is 2.58. The highest BCUT2D eigenvalue weighted by Gasteiger charge is 2.16. The molecule has 0 aliphatic rings. The highest BCUT2D eigenvalue weighted by Crippen LogP contribution is 2.08. The van der Waals surface area contributed by atoms with Crippen molar-refractivity contribution in [2.24, 2.45) is 0 Å². The molecule has 2 N–H and O–H groups in total. The summed E-state index contributed by atoms with van der Waals surface area (Å²) in [7, 11) is 0. The van der Waals surface area contributed by atoms with Crippen molar-refractivity contribution in [2.45, 2.75) is 46.1 Å². The molecule has 0 bridgehead atoms. The van der Waals surface area contributed by atoms with Crippen molar-refractivity contribution < 1.29 is 19.1 Å². The first-order chi connectivity index (χ1) is 14.0. The highest BCUT2D eigenvalue weighted by atomic mass is 32.1. The van der Waals surface area contributed by atoms with Crippen molar-refractivity contribution >= 4 is 34.9 Å². The first-order valence-corrected chi connectivity index (χ1v) is 11.1. The van der Waals surface area contributed by atoms with Crippen LogP contribution in [0.2, 0.25) is 0 Å². The molecular weight excluding hydrogens is 414 g/mol. The van der Waals surface area contributed by atoms with Crippen LogP contribution >= 0.6 is 22.7 Å². The van der Waals surface area contributed by atoms with E-state index in [2.05, 4.69) is 25.5 Å². The number of hydrogen-bond acceptors (Lipinski definition) is 9. The van der Waals surface area contributed by atoms with Crippen molar-refractivity contribution in [1.29, 1.82) is 0 Å². The van der Waals surface area contributed by atoms with Crippen LogP contribution < -0.4 is 10.6 Å². The lowest BCUT2D eigenvalue weighted by atomic mass is 10.2. The smallest absolute Gasteiger partial charge is 0.407 e. The minimum atomic E-state index is -0.459. The Balaban J connectivity index is 1.65. The maximum atomic E-state index is 11.9. The second-order valence-electron chi connectivity index (χ2n) is 6.53. The summed E-state index contributed by atoms with van der Waals surface area (Å²) < 4.78 is 10.4. The Bertz CT molecular complexity index is 666. The van der Waals surface area contributed by atoms with Crippen molar-refractivity contribution in [3.8, 4) is 0 Å². The quantitative estimate of drug-likeness (QED) is 0.552. The molecule has 2 rings (SSSR count). The number of thiazole rings is 2. The van der Waals surface area contributed by atoms with E-state index in [0.29, 0.717) is 13.1 Å². The Labute approximate surface area is 178 Å². The number of rotatable bonds is 11. The number of alkyl carbamates (subject to hydrolysis) is 2. The second kappa shape index (κ2) is 12.3. The van der Waals surface area contributed by atoms with Crippen LogP contribution in [0.3, 0.4) is 0 Å². The van der Waals surface area contributed by atoms with Gasteiger partial charge in [-0.2, -0.15) is 0 Å². The van der Waals surface area contributed by atoms with E-state index in [4.69, 9.17) is 9.47 Å². The molecule has 2 atom stereocenters. The molecule has 2 aromatic rings. The van der Waals surface area contributed by atoms with Crippen LogP contribution in [0.25, 0.3) is 0 Å². The van der Waals surface area contributed by atoms with Crippen molar-refractivity contribution in [1.82, 2.24) is 25.5 Å². The molecule has 0 aliphatic carbocycles. The van der Waals surface area contributed by atoms with Gasteiger partial charge in [-0.3, -0.25) is 14.9 Å². The summed E-state index contributed by atoms with van der Waals surface area (Å²) in [6, 6.07) is -0.205. The second-order valence-corrected chi connectivity index (χ2v) is 8.47. The van der Waals surface area contributed by atoms with Crippen LogP contribution in [-0.2, 0) is 22.7 Å². The van der Waals surface area contributed by atoms with Gasteiger partial charge in [0.05, 0.1) is 20.8 Å². The normalized spacial score (nSPS) is 13.0. The average molecular weight is 442 g/mol. The monoisotopic (exact) mass is 441 g/mol. The Morgan fingerprint density at radius 1 is 0.966 bits per heavy atom. The Morgan fingerprint density at radius 2 is 1.41 bits per heavy atom. The molecule has 2 amide bonds. The lowest BCUT2D eigenvalue weighted by Crippen LogP contribution is -2.47. The Kier molecular flexibility index (Phi) is 9.81. The van der Waals surface area contributed by atoms with Gasteiger partial charge in [0.2, 0.25) is 0 Å². The molecule has 0 radical (unpaired) electrons. The van der Waals surface area contributed by atoms with E-state index in [-0.39, 0.29) is 25.3 Å². The molecule has 2 aromatic heterocycles. The van der Waals surface area contributed by atoms with E-state index in [9.17, 15) is 9.59 Å². The van der Waals surface area contributed by atoms with Crippen molar-refractivity contribution in [2.75, 3.05) is 19.6 Å². The zero-order valence-electron chi connectivity index (χ0n) is 16.8. The first kappa shape index (κ1) is 23.0. The Hall–Kier alpha value is -2.24. The van der Waals surface area contributed by atoms with Gasteiger partial charge in [-0.1, -0.05) is 6.92 Å². The van der Waals surface area contributed by atoms with E-state index in [1.807, 2.05) is 20.8 Å². The number of ether oxygens (including phenoxy) is 2. The summed E-state index contributed by atoms with van der Waals surface area (Å²) in [5.41, 5.74) is 3.39. The van der Waals surface area contributed by atoms with Crippen LogP contribution in [0.15, 0.2) is 23.4 Å². The largest absolute Gasteiger partial charge is 0.444 e. The van der Waals surface area contributed by atoms with E-state index < -0.39 is 12.2 Å². The third kappa shape index (κ3) is 9.20. The van der Waals surface area contributed by atoms with Crippen LogP contribution in [-0.4, -0.2) is 58.8 Å². The fraction of sp³-hybridized carbons (Fsp3) is 0.556. The predicted octanol–water partition coefficient (Wildman–Crippen LogP) is 2.85. The van der Waals surface area contributed by atoms with E-state index in [0.717, 1.165) is 16.3 Å². The van der Waals surface area contributed by atoms with Gasteiger partial charge in [0.1, 0.15) is 13.2 Å². The molecule has 0 fully saturated rings. The number of amides is 2. The lowest BCUT2D eigenvalue weighted by Gasteiger charge is -2.27. The molecule has 0 saturated carbocycles. The zero-order valence-corrected chi connectivity index (χ0v) is 18.4. The summed E-state index contributed by atoms with van der Waals surface area (Å²) in [6.45, 7) is 8.34. The molecule has 0 unspecified atom stereocenters. The van der Waals surface area contributed by atoms with Crippen LogP contribution in [0.4, 0.5) is 9.59 Å². The molecule has 0 aromatic carbocycles. The van der Waals surface area contributed by atoms with Gasteiger partial charge in [-0.05, 0) is 20.4 Å². The predicted molar refractivity (Wildman–Crippen MR) is 112 cm³/mol. The number of likely N-dealkylation sites (N-methyl/N-ethyl adjacent to an activating group) is 1. The topological polar surface area (TPSA) is 106 Å². The summed E-state index contributed by atoms with van der Waals surface area (Å²) in [4.78, 5) is 35.6. The minimum Gasteiger partial charge on any atom is -0.444 e. The van der Waals surface area contributed by atoms with Crippen LogP contribution in [0.1, 0.15) is 30.5 Å². The number of aromatic nitrogens is 2. The van der Waals surface area contributed by atoms with Gasteiger partial charge in [-0.15, -0.1) is 22.7 Å². The Morgan fingerprint density at radius 3 is 1.76 bits per heavy atom. The number of hydrogen-bond donors (Lipinski definition) is 2. The fourth-order valence-corrected chi connectivity index (χ4v) is 3.60. The summed E-state index contributed by atoms with van der Waals surface area (Å²) >= 11 is 2.88. The summed E-state index contributed by atoms with van der Waals surface area (Å²) in [5.74, 6) is 0. The standard InChI is InChI=1S/C18H27N5O4S2/c1-4-23(7-13(2)21-17(24)26-9-15-5-19-11-28-15)8-14(3)22-18(25)27-10-16-6-20-12-29-16/h5-6,11-14H,4,7-10H2,1-3H3,(H,21,24)(H,22,25)/t13-,14-/m1/s1. The molecule has 0 aliphatic heterocycles. The average Bonchev–Trinajstić information content (AvgIpc) is 3.37. The molecule has 11 heteroatoms.